The molecule has 1 rings (SSSR count). The van der Waals surface area contributed by atoms with Gasteiger partial charge in [-0.15, -0.1) is 0 Å². The van der Waals surface area contributed by atoms with Crippen LogP contribution in [0.5, 0.6) is 0 Å². The van der Waals surface area contributed by atoms with E-state index in [-0.39, 0.29) is 12.4 Å². The highest BCUT2D eigenvalue weighted by atomic mass is 16.5. The normalized spacial score (nSPS) is 9.89. The Bertz CT molecular complexity index is 472. The summed E-state index contributed by atoms with van der Waals surface area (Å²) < 4.78 is 4.97. The summed E-state index contributed by atoms with van der Waals surface area (Å²) in [6.45, 7) is 6.22. The molecule has 3 nitrogen and oxygen atoms in total. The summed E-state index contributed by atoms with van der Waals surface area (Å²) in [6.07, 6.45) is 1.86. The Balaban J connectivity index is 3.15. The van der Waals surface area contributed by atoms with Crippen molar-refractivity contribution in [3.8, 4) is 6.07 Å². The second kappa shape index (κ2) is 6.80. The van der Waals surface area contributed by atoms with E-state index in [1.54, 1.807) is 6.92 Å². The summed E-state index contributed by atoms with van der Waals surface area (Å²) in [6, 6.07) is 6.14. The summed E-state index contributed by atoms with van der Waals surface area (Å²) in [5, 5.41) is 9.17. The van der Waals surface area contributed by atoms with Gasteiger partial charge in [0.1, 0.15) is 0 Å². The van der Waals surface area contributed by atoms with Crippen LogP contribution in [0.25, 0.3) is 0 Å². The number of carbonyl (C=O) groups is 1. The standard InChI is InChI=1S/C15H19NO2/c1-4-11-7-12(9-15(17)18-6-3)14(5-2)13(8-11)10-16/h7-8H,4-6,9H2,1-3H3. The number of ether oxygens (including phenoxy) is 1. The molecule has 3 heteroatoms. The average Bonchev–Trinajstić information content (AvgIpc) is 2.37. The molecule has 0 aliphatic rings. The second-order valence-electron chi connectivity index (χ2n) is 4.08. The Labute approximate surface area is 108 Å². The summed E-state index contributed by atoms with van der Waals surface area (Å²) >= 11 is 0. The third-order valence-electron chi connectivity index (χ3n) is 2.92. The van der Waals surface area contributed by atoms with E-state index in [1.807, 2.05) is 26.0 Å². The molecule has 1 aromatic carbocycles. The number of carbonyl (C=O) groups excluding carboxylic acids is 1. The zero-order chi connectivity index (χ0) is 13.5. The van der Waals surface area contributed by atoms with Gasteiger partial charge in [-0.2, -0.15) is 5.26 Å². The molecule has 1 aromatic rings. The van der Waals surface area contributed by atoms with Gasteiger partial charge in [0.25, 0.3) is 0 Å². The summed E-state index contributed by atoms with van der Waals surface area (Å²) in [7, 11) is 0. The molecule has 0 aliphatic carbocycles. The molecular formula is C15H19NO2. The zero-order valence-electron chi connectivity index (χ0n) is 11.2. The molecule has 0 saturated heterocycles. The van der Waals surface area contributed by atoms with Crippen LogP contribution in [0.1, 0.15) is 43.0 Å². The molecule has 0 atom stereocenters. The molecule has 0 radical (unpaired) electrons. The highest BCUT2D eigenvalue weighted by molar-refractivity contribution is 5.73. The molecule has 96 valence electrons. The van der Waals surface area contributed by atoms with E-state index in [0.29, 0.717) is 12.2 Å². The zero-order valence-corrected chi connectivity index (χ0v) is 11.2. The van der Waals surface area contributed by atoms with Crippen LogP contribution < -0.4 is 0 Å². The van der Waals surface area contributed by atoms with Crippen LogP contribution in [-0.2, 0) is 28.8 Å². The molecule has 0 unspecified atom stereocenters. The molecule has 0 N–H and O–H groups in total. The smallest absolute Gasteiger partial charge is 0.310 e. The van der Waals surface area contributed by atoms with Gasteiger partial charge in [0, 0.05) is 0 Å². The van der Waals surface area contributed by atoms with Crippen molar-refractivity contribution in [2.75, 3.05) is 6.61 Å². The predicted octanol–water partition coefficient (Wildman–Crippen LogP) is 2.79. The molecular weight excluding hydrogens is 226 g/mol. The van der Waals surface area contributed by atoms with Crippen LogP contribution in [0.4, 0.5) is 0 Å². The van der Waals surface area contributed by atoms with E-state index in [9.17, 15) is 4.79 Å². The fourth-order valence-electron chi connectivity index (χ4n) is 2.04. The lowest BCUT2D eigenvalue weighted by molar-refractivity contribution is -0.142. The predicted molar refractivity (Wildman–Crippen MR) is 70.3 cm³/mol. The Morgan fingerprint density at radius 3 is 2.50 bits per heavy atom. The van der Waals surface area contributed by atoms with Gasteiger partial charge < -0.3 is 4.74 Å². The van der Waals surface area contributed by atoms with Gasteiger partial charge in [-0.25, -0.2) is 0 Å². The Kier molecular flexibility index (Phi) is 5.38. The van der Waals surface area contributed by atoms with E-state index >= 15 is 0 Å². The fourth-order valence-corrected chi connectivity index (χ4v) is 2.04. The Hall–Kier alpha value is -1.82. The molecule has 0 saturated carbocycles. The molecule has 0 spiro atoms. The average molecular weight is 245 g/mol. The van der Waals surface area contributed by atoms with E-state index < -0.39 is 0 Å². The quantitative estimate of drug-likeness (QED) is 0.749. The first-order chi connectivity index (χ1) is 8.65. The molecule has 0 aliphatic heterocycles. The van der Waals surface area contributed by atoms with Gasteiger partial charge in [-0.1, -0.05) is 19.9 Å². The minimum Gasteiger partial charge on any atom is -0.466 e. The van der Waals surface area contributed by atoms with Crippen LogP contribution in [0.2, 0.25) is 0 Å². The van der Waals surface area contributed by atoms with E-state index in [1.165, 1.54) is 0 Å². The third-order valence-corrected chi connectivity index (χ3v) is 2.92. The number of aryl methyl sites for hydroxylation is 1. The monoisotopic (exact) mass is 245 g/mol. The van der Waals surface area contributed by atoms with Gasteiger partial charge in [0.05, 0.1) is 24.7 Å². The van der Waals surface area contributed by atoms with Gasteiger partial charge in [-0.3, -0.25) is 4.79 Å². The first kappa shape index (κ1) is 14.2. The van der Waals surface area contributed by atoms with Gasteiger partial charge in [0.15, 0.2) is 0 Å². The van der Waals surface area contributed by atoms with Crippen molar-refractivity contribution in [2.45, 2.75) is 40.0 Å². The van der Waals surface area contributed by atoms with Crippen molar-refractivity contribution in [1.29, 1.82) is 5.26 Å². The van der Waals surface area contributed by atoms with Crippen LogP contribution >= 0.6 is 0 Å². The Morgan fingerprint density at radius 1 is 1.28 bits per heavy atom. The number of nitriles is 1. The summed E-state index contributed by atoms with van der Waals surface area (Å²) in [5.74, 6) is -0.232. The summed E-state index contributed by atoms with van der Waals surface area (Å²) in [4.78, 5) is 11.6. The minimum absolute atomic E-state index is 0.232. The van der Waals surface area contributed by atoms with E-state index in [2.05, 4.69) is 6.07 Å². The van der Waals surface area contributed by atoms with E-state index in [0.717, 1.165) is 29.5 Å². The van der Waals surface area contributed by atoms with Crippen molar-refractivity contribution in [3.05, 3.63) is 34.4 Å². The first-order valence-corrected chi connectivity index (χ1v) is 6.36. The van der Waals surface area contributed by atoms with Crippen molar-refractivity contribution in [1.82, 2.24) is 0 Å². The number of hydrogen-bond donors (Lipinski definition) is 0. The maximum atomic E-state index is 11.6. The highest BCUT2D eigenvalue weighted by Crippen LogP contribution is 2.19. The number of benzene rings is 1. The molecule has 18 heavy (non-hydrogen) atoms. The number of nitrogens with zero attached hydrogens (tertiary/aromatic N) is 1. The van der Waals surface area contributed by atoms with Crippen molar-refractivity contribution in [3.63, 3.8) is 0 Å². The Morgan fingerprint density at radius 2 is 2.00 bits per heavy atom. The molecule has 0 heterocycles. The lowest BCUT2D eigenvalue weighted by Crippen LogP contribution is -2.10. The van der Waals surface area contributed by atoms with Crippen LogP contribution in [0, 0.1) is 11.3 Å². The van der Waals surface area contributed by atoms with Crippen molar-refractivity contribution in [2.24, 2.45) is 0 Å². The minimum atomic E-state index is -0.232. The lowest BCUT2D eigenvalue weighted by Gasteiger charge is -2.11. The maximum absolute atomic E-state index is 11.6. The first-order valence-electron chi connectivity index (χ1n) is 6.36. The van der Waals surface area contributed by atoms with Crippen molar-refractivity contribution < 1.29 is 9.53 Å². The maximum Gasteiger partial charge on any atom is 0.310 e. The number of rotatable bonds is 5. The van der Waals surface area contributed by atoms with Gasteiger partial charge >= 0.3 is 5.97 Å². The van der Waals surface area contributed by atoms with Crippen molar-refractivity contribution >= 4 is 5.97 Å². The van der Waals surface area contributed by atoms with E-state index in [4.69, 9.17) is 10.00 Å². The topological polar surface area (TPSA) is 50.1 Å². The lowest BCUT2D eigenvalue weighted by atomic mass is 9.93. The molecule has 0 bridgehead atoms. The van der Waals surface area contributed by atoms with Gasteiger partial charge in [-0.05, 0) is 42.5 Å². The number of hydrogen-bond acceptors (Lipinski definition) is 3. The SMILES string of the molecule is CCOC(=O)Cc1cc(CC)cc(C#N)c1CC. The molecule has 0 fully saturated rings. The van der Waals surface area contributed by atoms with Gasteiger partial charge in [0.2, 0.25) is 0 Å². The van der Waals surface area contributed by atoms with Crippen LogP contribution in [0.15, 0.2) is 12.1 Å². The van der Waals surface area contributed by atoms with Crippen LogP contribution in [0.3, 0.4) is 0 Å². The third kappa shape index (κ3) is 3.33. The second-order valence-corrected chi connectivity index (χ2v) is 4.08. The summed E-state index contributed by atoms with van der Waals surface area (Å²) in [5.41, 5.74) is 3.65. The largest absolute Gasteiger partial charge is 0.466 e. The van der Waals surface area contributed by atoms with Crippen LogP contribution in [-0.4, -0.2) is 12.6 Å². The number of esters is 1. The fraction of sp³-hybridized carbons (Fsp3) is 0.467. The molecule has 0 aromatic heterocycles. The molecule has 0 amide bonds. The highest BCUT2D eigenvalue weighted by Gasteiger charge is 2.12.